The molecule has 0 fully saturated rings. The van der Waals surface area contributed by atoms with Gasteiger partial charge in [0.05, 0.1) is 0 Å². The molecule has 80 valence electrons. The summed E-state index contributed by atoms with van der Waals surface area (Å²) in [6, 6.07) is 8.02. The molecule has 1 aromatic rings. The van der Waals surface area contributed by atoms with E-state index in [0.29, 0.717) is 5.17 Å². The van der Waals surface area contributed by atoms with Crippen molar-refractivity contribution in [1.82, 2.24) is 0 Å². The third-order valence-corrected chi connectivity index (χ3v) is 2.13. The lowest BCUT2D eigenvalue weighted by atomic mass is 10.1. The minimum absolute atomic E-state index is 0.504. The van der Waals surface area contributed by atoms with Crippen molar-refractivity contribution in [1.29, 1.82) is 0 Å². The monoisotopic (exact) mass is 219 g/mol. The number of amidine groups is 1. The molecule has 0 aliphatic carbocycles. The predicted octanol–water partition coefficient (Wildman–Crippen LogP) is 3.05. The van der Waals surface area contributed by atoms with Gasteiger partial charge in [-0.1, -0.05) is 29.8 Å². The zero-order chi connectivity index (χ0) is 11.3. The van der Waals surface area contributed by atoms with E-state index in [9.17, 15) is 0 Å². The van der Waals surface area contributed by atoms with E-state index in [2.05, 4.69) is 30.2 Å². The fraction of sp³-hybridized carbons (Fsp3) is 0.250. The fourth-order valence-corrected chi connectivity index (χ4v) is 1.33. The highest BCUT2D eigenvalue weighted by molar-refractivity contribution is 7.77. The van der Waals surface area contributed by atoms with E-state index >= 15 is 0 Å². The van der Waals surface area contributed by atoms with Gasteiger partial charge >= 0.3 is 0 Å². The van der Waals surface area contributed by atoms with Crippen molar-refractivity contribution in [2.45, 2.75) is 13.8 Å². The summed E-state index contributed by atoms with van der Waals surface area (Å²) in [6.07, 6.45) is 2.11. The van der Waals surface area contributed by atoms with E-state index in [4.69, 9.17) is 12.6 Å². The predicted molar refractivity (Wildman–Crippen MR) is 70.1 cm³/mol. The number of para-hydroxylation sites is 1. The van der Waals surface area contributed by atoms with E-state index in [-0.39, 0.29) is 0 Å². The summed E-state index contributed by atoms with van der Waals surface area (Å²) in [7, 11) is 1.68. The van der Waals surface area contributed by atoms with Gasteiger partial charge in [0.15, 0.2) is 0 Å². The van der Waals surface area contributed by atoms with Crippen molar-refractivity contribution in [3.63, 3.8) is 0 Å². The van der Waals surface area contributed by atoms with Gasteiger partial charge in [-0.2, -0.15) is 0 Å². The molecule has 0 heterocycles. The maximum Gasteiger partial charge on any atom is 0.0453 e. The second-order valence-electron chi connectivity index (χ2n) is 3.46. The molecule has 0 aromatic heterocycles. The minimum Gasteiger partial charge on any atom is -0.743 e. The van der Waals surface area contributed by atoms with Crippen LogP contribution in [0.25, 0.3) is 6.08 Å². The molecule has 3 heteroatoms. The number of nitrogens with zero attached hydrogens (tertiary/aromatic N) is 1. The molecule has 0 bridgehead atoms. The van der Waals surface area contributed by atoms with Crippen LogP contribution in [0.15, 0.2) is 34.8 Å². The molecular weight excluding hydrogens is 204 g/mol. The van der Waals surface area contributed by atoms with Gasteiger partial charge in [-0.3, -0.25) is 4.99 Å². The zero-order valence-electron chi connectivity index (χ0n) is 9.24. The van der Waals surface area contributed by atoms with E-state index in [1.807, 2.05) is 24.3 Å². The number of nitrogens with one attached hydrogen (secondary N) is 1. The number of rotatable bonds is 2. The van der Waals surface area contributed by atoms with Crippen LogP contribution in [0.3, 0.4) is 0 Å². The van der Waals surface area contributed by atoms with Crippen LogP contribution in [-0.4, -0.2) is 12.2 Å². The van der Waals surface area contributed by atoms with Crippen molar-refractivity contribution < 1.29 is 0 Å². The number of benzene rings is 1. The lowest BCUT2D eigenvalue weighted by molar-refractivity contribution is 1.41. The van der Waals surface area contributed by atoms with Gasteiger partial charge in [-0.15, -0.1) is 0 Å². The molecule has 0 saturated heterocycles. The quantitative estimate of drug-likeness (QED) is 0.469. The molecule has 1 rings (SSSR count). The van der Waals surface area contributed by atoms with Gasteiger partial charge in [-0.05, 0) is 30.6 Å². The minimum atomic E-state index is 0.504. The molecule has 0 aliphatic heterocycles. The van der Waals surface area contributed by atoms with Gasteiger partial charge in [0.2, 0.25) is 0 Å². The van der Waals surface area contributed by atoms with Crippen LogP contribution >= 0.6 is 0 Å². The normalized spacial score (nSPS) is 11.0. The SMILES string of the molecule is CN=C([S-])Nc1ccccc1C=C(C)C. The smallest absolute Gasteiger partial charge is 0.0453 e. The van der Waals surface area contributed by atoms with Gasteiger partial charge in [-0.25, -0.2) is 0 Å². The van der Waals surface area contributed by atoms with Crippen LogP contribution in [0.5, 0.6) is 0 Å². The highest BCUT2D eigenvalue weighted by atomic mass is 32.1. The van der Waals surface area contributed by atoms with Crippen LogP contribution in [0, 0.1) is 0 Å². The first-order valence-electron chi connectivity index (χ1n) is 4.78. The lowest BCUT2D eigenvalue weighted by Gasteiger charge is -2.15. The summed E-state index contributed by atoms with van der Waals surface area (Å²) in [5.74, 6) is 0. The Morgan fingerprint density at radius 2 is 2.00 bits per heavy atom. The maximum absolute atomic E-state index is 5.01. The Hall–Kier alpha value is -1.35. The number of aliphatic imine (C=N–C) groups is 1. The van der Waals surface area contributed by atoms with Crippen molar-refractivity contribution in [2.24, 2.45) is 4.99 Å². The Morgan fingerprint density at radius 3 is 2.60 bits per heavy atom. The summed E-state index contributed by atoms with van der Waals surface area (Å²) in [5.41, 5.74) is 3.38. The summed E-state index contributed by atoms with van der Waals surface area (Å²) >= 11 is 5.01. The Bertz CT molecular complexity index is 390. The van der Waals surface area contributed by atoms with E-state index in [1.165, 1.54) is 5.57 Å². The summed E-state index contributed by atoms with van der Waals surface area (Å²) < 4.78 is 0. The van der Waals surface area contributed by atoms with Crippen molar-refractivity contribution in [3.8, 4) is 0 Å². The molecule has 2 nitrogen and oxygen atoms in total. The molecule has 0 radical (unpaired) electrons. The third-order valence-electron chi connectivity index (χ3n) is 1.85. The Balaban J connectivity index is 3.02. The maximum atomic E-state index is 5.01. The topological polar surface area (TPSA) is 24.4 Å². The van der Waals surface area contributed by atoms with E-state index in [1.54, 1.807) is 7.05 Å². The second kappa shape index (κ2) is 5.51. The third kappa shape index (κ3) is 3.72. The highest BCUT2D eigenvalue weighted by Gasteiger charge is 1.96. The molecular formula is C12H15N2S-. The average Bonchev–Trinajstić information content (AvgIpc) is 2.20. The van der Waals surface area contributed by atoms with E-state index < -0.39 is 0 Å². The average molecular weight is 219 g/mol. The lowest BCUT2D eigenvalue weighted by Crippen LogP contribution is -2.08. The van der Waals surface area contributed by atoms with Gasteiger partial charge in [0.1, 0.15) is 0 Å². The second-order valence-corrected chi connectivity index (χ2v) is 3.85. The molecule has 0 amide bonds. The summed E-state index contributed by atoms with van der Waals surface area (Å²) in [6.45, 7) is 4.14. The van der Waals surface area contributed by atoms with Crippen LogP contribution in [0.1, 0.15) is 19.4 Å². The first-order chi connectivity index (χ1) is 7.13. The van der Waals surface area contributed by atoms with Crippen LogP contribution in [0.4, 0.5) is 5.69 Å². The molecule has 0 saturated carbocycles. The summed E-state index contributed by atoms with van der Waals surface area (Å²) in [5, 5.41) is 3.59. The Morgan fingerprint density at radius 1 is 1.33 bits per heavy atom. The number of hydrogen-bond acceptors (Lipinski definition) is 2. The summed E-state index contributed by atoms with van der Waals surface area (Å²) in [4.78, 5) is 3.90. The van der Waals surface area contributed by atoms with Crippen LogP contribution < -0.4 is 5.32 Å². The molecule has 1 N–H and O–H groups in total. The van der Waals surface area contributed by atoms with Gasteiger partial charge in [0, 0.05) is 12.7 Å². The Labute approximate surface area is 96.5 Å². The van der Waals surface area contributed by atoms with Crippen LogP contribution in [0.2, 0.25) is 0 Å². The molecule has 1 aromatic carbocycles. The molecule has 0 unspecified atom stereocenters. The largest absolute Gasteiger partial charge is 0.743 e. The first kappa shape index (κ1) is 11.7. The van der Waals surface area contributed by atoms with Gasteiger partial charge in [0.25, 0.3) is 0 Å². The van der Waals surface area contributed by atoms with Crippen molar-refractivity contribution >= 4 is 29.6 Å². The highest BCUT2D eigenvalue weighted by Crippen LogP contribution is 2.18. The van der Waals surface area contributed by atoms with Crippen LogP contribution in [-0.2, 0) is 12.6 Å². The number of anilines is 1. The van der Waals surface area contributed by atoms with Crippen molar-refractivity contribution in [2.75, 3.05) is 12.4 Å². The molecule has 0 aliphatic rings. The Kier molecular flexibility index (Phi) is 4.31. The molecule has 15 heavy (non-hydrogen) atoms. The van der Waals surface area contributed by atoms with Gasteiger partial charge < -0.3 is 17.9 Å². The fourth-order valence-electron chi connectivity index (χ4n) is 1.22. The molecule has 0 spiro atoms. The first-order valence-corrected chi connectivity index (χ1v) is 5.19. The van der Waals surface area contributed by atoms with Crippen molar-refractivity contribution in [3.05, 3.63) is 35.4 Å². The van der Waals surface area contributed by atoms with E-state index in [0.717, 1.165) is 11.3 Å². The number of allylic oxidation sites excluding steroid dienone is 1. The number of hydrogen-bond donors (Lipinski definition) is 1. The standard InChI is InChI=1S/C12H16N2S/c1-9(2)8-10-6-4-5-7-11(10)14-12(15)13-3/h4-8H,1-3H3,(H2,13,14,15)/p-1. The zero-order valence-corrected chi connectivity index (χ0v) is 10.1. The molecule has 0 atom stereocenters.